The summed E-state index contributed by atoms with van der Waals surface area (Å²) in [6.07, 6.45) is 2.15. The van der Waals surface area contributed by atoms with Crippen LogP contribution in [0.1, 0.15) is 18.4 Å². The summed E-state index contributed by atoms with van der Waals surface area (Å²) in [5.41, 5.74) is 0.666. The molecular weight excluding hydrogens is 368 g/mol. The van der Waals surface area contributed by atoms with Crippen LogP contribution in [0, 0.1) is 35.4 Å². The molecule has 2 aromatic rings. The van der Waals surface area contributed by atoms with E-state index in [1.807, 2.05) is 0 Å². The van der Waals surface area contributed by atoms with Gasteiger partial charge >= 0.3 is 0 Å². The average molecular weight is 387 g/mol. The Morgan fingerprint density at radius 1 is 1.18 bits per heavy atom. The molecule has 1 N–H and O–H groups in total. The second kappa shape index (κ2) is 6.20. The molecule has 4 heterocycles. The maximum absolute atomic E-state index is 14.5. The molecule has 5 rings (SSSR count). The van der Waals surface area contributed by atoms with Crippen LogP contribution in [0.2, 0.25) is 0 Å². The highest BCUT2D eigenvalue weighted by molar-refractivity contribution is 5.94. The standard InChI is InChI=1S/C20H19F2N3O3/c1-8-12-13(8)18-15(20(26)25-9-3-4-11(27-2)24-7-9)14(17(12)28-18)10-5-6-23-19(22)16(10)21/h3-8,12-15,17-18H,1-2H3,(H,25,26)/t8-,12?,13?,14-,15+,17+,18-/m1/s1. The van der Waals surface area contributed by atoms with Gasteiger partial charge in [0.15, 0.2) is 5.82 Å². The van der Waals surface area contributed by atoms with Crippen LogP contribution < -0.4 is 10.1 Å². The third-order valence-electron chi connectivity index (χ3n) is 6.44. The van der Waals surface area contributed by atoms with Crippen molar-refractivity contribution in [3.63, 3.8) is 0 Å². The van der Waals surface area contributed by atoms with Gasteiger partial charge in [-0.25, -0.2) is 14.4 Å². The van der Waals surface area contributed by atoms with E-state index in [0.717, 1.165) is 0 Å². The molecule has 0 radical (unpaired) electrons. The fraction of sp³-hybridized carbons (Fsp3) is 0.450. The van der Waals surface area contributed by atoms with Crippen LogP contribution in [0.4, 0.5) is 14.5 Å². The molecule has 6 nitrogen and oxygen atoms in total. The fourth-order valence-electron chi connectivity index (χ4n) is 5.15. The molecule has 0 spiro atoms. The topological polar surface area (TPSA) is 73.3 Å². The Balaban J connectivity index is 1.47. The zero-order valence-corrected chi connectivity index (χ0v) is 15.3. The summed E-state index contributed by atoms with van der Waals surface area (Å²) in [5, 5.41) is 2.84. The highest BCUT2D eigenvalue weighted by Crippen LogP contribution is 2.68. The molecule has 2 aromatic heterocycles. The van der Waals surface area contributed by atoms with Crippen LogP contribution in [-0.2, 0) is 9.53 Å². The van der Waals surface area contributed by atoms with E-state index in [0.29, 0.717) is 23.4 Å². The Kier molecular flexibility index (Phi) is 3.87. The van der Waals surface area contributed by atoms with Crippen LogP contribution in [0.5, 0.6) is 5.88 Å². The molecule has 2 aliphatic heterocycles. The minimum Gasteiger partial charge on any atom is -0.481 e. The average Bonchev–Trinajstić information content (AvgIpc) is 3.06. The van der Waals surface area contributed by atoms with E-state index in [1.165, 1.54) is 25.6 Å². The molecule has 2 bridgehead atoms. The first-order valence-electron chi connectivity index (χ1n) is 9.27. The number of anilines is 1. The number of rotatable bonds is 4. The van der Waals surface area contributed by atoms with Gasteiger partial charge in [-0.2, -0.15) is 4.39 Å². The summed E-state index contributed by atoms with van der Waals surface area (Å²) in [4.78, 5) is 20.6. The summed E-state index contributed by atoms with van der Waals surface area (Å²) < 4.78 is 39.4. The molecule has 1 aliphatic carbocycles. The SMILES string of the molecule is COc1ccc(NC(=O)[C@H]2[C@@H](c3ccnc(F)c3F)[C@H]3O[C@@H]2C2C3[C@H]2C)cn1. The van der Waals surface area contributed by atoms with Crippen molar-refractivity contribution < 1.29 is 23.0 Å². The molecule has 1 saturated carbocycles. The third-order valence-corrected chi connectivity index (χ3v) is 6.44. The van der Waals surface area contributed by atoms with Gasteiger partial charge in [0.25, 0.3) is 0 Å². The number of hydrogen-bond acceptors (Lipinski definition) is 5. The zero-order chi connectivity index (χ0) is 19.6. The molecule has 3 aliphatic rings. The van der Waals surface area contributed by atoms with Gasteiger partial charge in [0.2, 0.25) is 17.7 Å². The van der Waals surface area contributed by atoms with Crippen LogP contribution in [0.3, 0.4) is 0 Å². The Morgan fingerprint density at radius 3 is 2.68 bits per heavy atom. The van der Waals surface area contributed by atoms with Gasteiger partial charge in [0.05, 0.1) is 37.1 Å². The van der Waals surface area contributed by atoms with Crippen molar-refractivity contribution in [3.05, 3.63) is 47.9 Å². The number of carbonyl (C=O) groups is 1. The summed E-state index contributed by atoms with van der Waals surface area (Å²) >= 11 is 0. The Labute approximate surface area is 160 Å². The van der Waals surface area contributed by atoms with Gasteiger partial charge in [0.1, 0.15) is 0 Å². The lowest BCUT2D eigenvalue weighted by molar-refractivity contribution is -0.122. The number of amides is 1. The van der Waals surface area contributed by atoms with Crippen molar-refractivity contribution in [1.29, 1.82) is 0 Å². The van der Waals surface area contributed by atoms with Crippen LogP contribution >= 0.6 is 0 Å². The highest BCUT2D eigenvalue weighted by Gasteiger charge is 2.72. The van der Waals surface area contributed by atoms with Crippen molar-refractivity contribution in [2.75, 3.05) is 12.4 Å². The van der Waals surface area contributed by atoms with E-state index < -0.39 is 23.6 Å². The minimum atomic E-state index is -1.15. The van der Waals surface area contributed by atoms with Gasteiger partial charge in [-0.15, -0.1) is 0 Å². The van der Waals surface area contributed by atoms with Crippen molar-refractivity contribution in [2.24, 2.45) is 23.7 Å². The van der Waals surface area contributed by atoms with E-state index >= 15 is 0 Å². The second-order valence-corrected chi connectivity index (χ2v) is 7.71. The number of fused-ring (bicyclic) bond motifs is 5. The summed E-state index contributed by atoms with van der Waals surface area (Å²) in [5.74, 6) is -2.15. The normalized spacial score (nSPS) is 34.8. The van der Waals surface area contributed by atoms with Gasteiger partial charge < -0.3 is 14.8 Å². The first-order chi connectivity index (χ1) is 13.5. The number of hydrogen-bond donors (Lipinski definition) is 1. The maximum Gasteiger partial charge on any atom is 0.249 e. The quantitative estimate of drug-likeness (QED) is 0.817. The molecule has 3 fully saturated rings. The number of pyridine rings is 2. The maximum atomic E-state index is 14.5. The van der Waals surface area contributed by atoms with Crippen LogP contribution in [0.15, 0.2) is 30.6 Å². The van der Waals surface area contributed by atoms with Crippen LogP contribution in [-0.4, -0.2) is 35.2 Å². The first kappa shape index (κ1) is 17.5. The second-order valence-electron chi connectivity index (χ2n) is 7.71. The fourth-order valence-corrected chi connectivity index (χ4v) is 5.15. The van der Waals surface area contributed by atoms with E-state index in [4.69, 9.17) is 9.47 Å². The summed E-state index contributed by atoms with van der Waals surface area (Å²) in [6.45, 7) is 2.12. The Bertz CT molecular complexity index is 939. The van der Waals surface area contributed by atoms with E-state index in [2.05, 4.69) is 22.2 Å². The zero-order valence-electron chi connectivity index (χ0n) is 15.3. The summed E-state index contributed by atoms with van der Waals surface area (Å²) in [7, 11) is 1.51. The third kappa shape index (κ3) is 2.44. The van der Waals surface area contributed by atoms with Crippen molar-refractivity contribution >= 4 is 11.6 Å². The van der Waals surface area contributed by atoms with E-state index in [9.17, 15) is 13.6 Å². The molecule has 7 atom stereocenters. The van der Waals surface area contributed by atoms with Gasteiger partial charge in [-0.05, 0) is 29.9 Å². The lowest BCUT2D eigenvalue weighted by Gasteiger charge is -2.27. The molecular formula is C20H19F2N3O3. The number of methoxy groups -OCH3 is 1. The number of halogens is 2. The number of ether oxygens (including phenoxy) is 2. The van der Waals surface area contributed by atoms with Crippen LogP contribution in [0.25, 0.3) is 0 Å². The van der Waals surface area contributed by atoms with E-state index in [-0.39, 0.29) is 29.6 Å². The number of nitrogens with one attached hydrogen (secondary N) is 1. The van der Waals surface area contributed by atoms with Crippen molar-refractivity contribution in [2.45, 2.75) is 25.0 Å². The molecule has 2 saturated heterocycles. The number of nitrogens with zero attached hydrogens (tertiary/aromatic N) is 2. The summed E-state index contributed by atoms with van der Waals surface area (Å²) in [6, 6.07) is 4.77. The molecule has 2 unspecified atom stereocenters. The lowest BCUT2D eigenvalue weighted by Crippen LogP contribution is -2.37. The molecule has 146 valence electrons. The molecule has 28 heavy (non-hydrogen) atoms. The first-order valence-corrected chi connectivity index (χ1v) is 9.27. The largest absolute Gasteiger partial charge is 0.481 e. The Morgan fingerprint density at radius 2 is 1.96 bits per heavy atom. The smallest absolute Gasteiger partial charge is 0.249 e. The van der Waals surface area contributed by atoms with Gasteiger partial charge in [-0.1, -0.05) is 6.92 Å². The Hall–Kier alpha value is -2.61. The minimum absolute atomic E-state index is 0.158. The predicted molar refractivity (Wildman–Crippen MR) is 94.6 cm³/mol. The number of carbonyl (C=O) groups excluding carboxylic acids is 1. The monoisotopic (exact) mass is 387 g/mol. The molecule has 1 amide bonds. The van der Waals surface area contributed by atoms with Crippen molar-refractivity contribution in [1.82, 2.24) is 9.97 Å². The van der Waals surface area contributed by atoms with Gasteiger partial charge in [0, 0.05) is 23.7 Å². The highest BCUT2D eigenvalue weighted by atomic mass is 19.2. The van der Waals surface area contributed by atoms with Crippen molar-refractivity contribution in [3.8, 4) is 5.88 Å². The number of aromatic nitrogens is 2. The molecule has 0 aromatic carbocycles. The molecule has 8 heteroatoms. The van der Waals surface area contributed by atoms with E-state index in [1.54, 1.807) is 12.1 Å². The van der Waals surface area contributed by atoms with Gasteiger partial charge in [-0.3, -0.25) is 4.79 Å². The lowest BCUT2D eigenvalue weighted by atomic mass is 9.75. The predicted octanol–water partition coefficient (Wildman–Crippen LogP) is 2.77.